The number of rotatable bonds is 3. The first-order valence-corrected chi connectivity index (χ1v) is 6.96. The quantitative estimate of drug-likeness (QED) is 0.733. The molecule has 0 saturated carbocycles. The maximum atomic E-state index is 12.0. The van der Waals surface area contributed by atoms with E-state index in [1.165, 1.54) is 0 Å². The molecule has 0 aliphatic heterocycles. The van der Waals surface area contributed by atoms with E-state index in [1.54, 1.807) is 0 Å². The van der Waals surface area contributed by atoms with E-state index in [-0.39, 0.29) is 11.7 Å². The molecule has 0 bridgehead atoms. The Morgan fingerprint density at radius 2 is 1.83 bits per heavy atom. The molecule has 0 fully saturated rings. The first kappa shape index (κ1) is 13.3. The SMILES string of the molecule is CC(C)C(=O)c1cc2cc(Br)cc(C(C)C)c2o1. The number of Topliss-reactive ketones (excluding diaryl/α,β-unsaturated/α-hetero) is 1. The summed E-state index contributed by atoms with van der Waals surface area (Å²) in [5, 5.41) is 0.983. The van der Waals surface area contributed by atoms with Gasteiger partial charge in [-0.05, 0) is 29.7 Å². The Morgan fingerprint density at radius 1 is 1.17 bits per heavy atom. The fourth-order valence-corrected chi connectivity index (χ4v) is 2.47. The zero-order valence-electron chi connectivity index (χ0n) is 11.1. The summed E-state index contributed by atoms with van der Waals surface area (Å²) in [6, 6.07) is 5.89. The molecule has 0 N–H and O–H groups in total. The molecule has 3 heteroatoms. The van der Waals surface area contributed by atoms with Crippen molar-refractivity contribution >= 4 is 32.7 Å². The zero-order chi connectivity index (χ0) is 13.4. The van der Waals surface area contributed by atoms with E-state index in [2.05, 4.69) is 35.8 Å². The van der Waals surface area contributed by atoms with Crippen molar-refractivity contribution in [3.63, 3.8) is 0 Å². The number of carbonyl (C=O) groups excluding carboxylic acids is 1. The molecular formula is C15H17BrO2. The van der Waals surface area contributed by atoms with Crippen molar-refractivity contribution in [3.05, 3.63) is 34.0 Å². The average Bonchev–Trinajstić information content (AvgIpc) is 2.69. The fourth-order valence-electron chi connectivity index (χ4n) is 1.98. The molecule has 0 radical (unpaired) electrons. The van der Waals surface area contributed by atoms with Crippen molar-refractivity contribution in [2.24, 2.45) is 5.92 Å². The number of hydrogen-bond acceptors (Lipinski definition) is 2. The summed E-state index contributed by atoms with van der Waals surface area (Å²) in [4.78, 5) is 12.0. The van der Waals surface area contributed by atoms with Gasteiger partial charge in [-0.3, -0.25) is 4.79 Å². The fraction of sp³-hybridized carbons (Fsp3) is 0.400. The molecule has 0 amide bonds. The van der Waals surface area contributed by atoms with Gasteiger partial charge in [0.05, 0.1) is 0 Å². The van der Waals surface area contributed by atoms with Gasteiger partial charge in [0.1, 0.15) is 5.58 Å². The molecule has 2 nitrogen and oxygen atoms in total. The number of fused-ring (bicyclic) bond motifs is 1. The van der Waals surface area contributed by atoms with Crippen LogP contribution >= 0.6 is 15.9 Å². The molecule has 0 aliphatic carbocycles. The lowest BCUT2D eigenvalue weighted by Crippen LogP contribution is -2.05. The summed E-state index contributed by atoms with van der Waals surface area (Å²) < 4.78 is 6.78. The van der Waals surface area contributed by atoms with Gasteiger partial charge in [-0.15, -0.1) is 0 Å². The third kappa shape index (κ3) is 2.37. The standard InChI is InChI=1S/C15H17BrO2/c1-8(2)12-7-11(16)5-10-6-13(18-15(10)12)14(17)9(3)4/h5-9H,1-4H3. The monoisotopic (exact) mass is 308 g/mol. The van der Waals surface area contributed by atoms with Gasteiger partial charge in [0.25, 0.3) is 0 Å². The Hall–Kier alpha value is -1.09. The summed E-state index contributed by atoms with van der Waals surface area (Å²) in [6.07, 6.45) is 0. The normalized spacial score (nSPS) is 11.7. The van der Waals surface area contributed by atoms with Gasteiger partial charge in [0.2, 0.25) is 5.78 Å². The number of furan rings is 1. The Bertz CT molecular complexity index is 594. The van der Waals surface area contributed by atoms with Crippen molar-refractivity contribution in [1.29, 1.82) is 0 Å². The maximum absolute atomic E-state index is 12.0. The van der Waals surface area contributed by atoms with E-state index < -0.39 is 0 Å². The molecular weight excluding hydrogens is 292 g/mol. The molecule has 96 valence electrons. The van der Waals surface area contributed by atoms with Crippen LogP contribution in [0, 0.1) is 5.92 Å². The van der Waals surface area contributed by atoms with Crippen LogP contribution in [0.2, 0.25) is 0 Å². The predicted molar refractivity (Wildman–Crippen MR) is 77.2 cm³/mol. The first-order chi connectivity index (χ1) is 8.40. The molecule has 18 heavy (non-hydrogen) atoms. The smallest absolute Gasteiger partial charge is 0.200 e. The number of ketones is 1. The number of halogens is 1. The van der Waals surface area contributed by atoms with Crippen molar-refractivity contribution in [2.45, 2.75) is 33.6 Å². The van der Waals surface area contributed by atoms with E-state index in [0.29, 0.717) is 11.7 Å². The molecule has 0 unspecified atom stereocenters. The molecule has 1 aromatic heterocycles. The van der Waals surface area contributed by atoms with E-state index in [1.807, 2.05) is 26.0 Å². The van der Waals surface area contributed by atoms with Crippen LogP contribution in [-0.4, -0.2) is 5.78 Å². The Morgan fingerprint density at radius 3 is 2.39 bits per heavy atom. The van der Waals surface area contributed by atoms with Crippen molar-refractivity contribution < 1.29 is 9.21 Å². The minimum absolute atomic E-state index is 0.0449. The van der Waals surface area contributed by atoms with Gasteiger partial charge in [0, 0.05) is 15.8 Å². The second kappa shape index (κ2) is 4.88. The molecule has 0 saturated heterocycles. The third-order valence-corrected chi connectivity index (χ3v) is 3.46. The molecule has 1 aromatic carbocycles. The maximum Gasteiger partial charge on any atom is 0.200 e. The highest BCUT2D eigenvalue weighted by molar-refractivity contribution is 9.10. The molecule has 0 spiro atoms. The molecule has 1 heterocycles. The van der Waals surface area contributed by atoms with Crippen molar-refractivity contribution in [1.82, 2.24) is 0 Å². The summed E-state index contributed by atoms with van der Waals surface area (Å²) in [7, 11) is 0. The van der Waals surface area contributed by atoms with Gasteiger partial charge in [-0.1, -0.05) is 43.6 Å². The largest absolute Gasteiger partial charge is 0.453 e. The molecule has 0 atom stereocenters. The second-order valence-electron chi connectivity index (χ2n) is 5.20. The lowest BCUT2D eigenvalue weighted by atomic mass is 10.0. The van der Waals surface area contributed by atoms with Gasteiger partial charge in [-0.25, -0.2) is 0 Å². The van der Waals surface area contributed by atoms with Crippen LogP contribution in [0.25, 0.3) is 11.0 Å². The van der Waals surface area contributed by atoms with E-state index in [0.717, 1.165) is 21.0 Å². The number of carbonyl (C=O) groups is 1. The highest BCUT2D eigenvalue weighted by Gasteiger charge is 2.18. The topological polar surface area (TPSA) is 30.2 Å². The summed E-state index contributed by atoms with van der Waals surface area (Å²) in [5.74, 6) is 0.826. The van der Waals surface area contributed by atoms with Gasteiger partial charge < -0.3 is 4.42 Å². The van der Waals surface area contributed by atoms with Crippen molar-refractivity contribution in [3.8, 4) is 0 Å². The average molecular weight is 309 g/mol. The van der Waals surface area contributed by atoms with E-state index in [4.69, 9.17) is 4.42 Å². The van der Waals surface area contributed by atoms with E-state index >= 15 is 0 Å². The number of hydrogen-bond donors (Lipinski definition) is 0. The first-order valence-electron chi connectivity index (χ1n) is 6.17. The second-order valence-corrected chi connectivity index (χ2v) is 6.11. The molecule has 0 aliphatic rings. The van der Waals surface area contributed by atoms with Crippen LogP contribution in [-0.2, 0) is 0 Å². The summed E-state index contributed by atoms with van der Waals surface area (Å²) in [5.41, 5.74) is 1.96. The van der Waals surface area contributed by atoms with Crippen molar-refractivity contribution in [2.75, 3.05) is 0 Å². The van der Waals surface area contributed by atoms with Crippen LogP contribution in [0.15, 0.2) is 27.1 Å². The summed E-state index contributed by atoms with van der Waals surface area (Å²) >= 11 is 3.50. The molecule has 2 aromatic rings. The van der Waals surface area contributed by atoms with Gasteiger partial charge >= 0.3 is 0 Å². The summed E-state index contributed by atoms with van der Waals surface area (Å²) in [6.45, 7) is 8.00. The van der Waals surface area contributed by atoms with Crippen LogP contribution in [0.1, 0.15) is 49.7 Å². The highest BCUT2D eigenvalue weighted by atomic mass is 79.9. The molecule has 2 rings (SSSR count). The van der Waals surface area contributed by atoms with Crippen LogP contribution in [0.4, 0.5) is 0 Å². The Balaban J connectivity index is 2.64. The highest BCUT2D eigenvalue weighted by Crippen LogP contribution is 2.32. The minimum Gasteiger partial charge on any atom is -0.453 e. The lowest BCUT2D eigenvalue weighted by molar-refractivity contribution is 0.0913. The Labute approximate surface area is 115 Å². The van der Waals surface area contributed by atoms with Crippen LogP contribution < -0.4 is 0 Å². The Kier molecular flexibility index (Phi) is 3.62. The van der Waals surface area contributed by atoms with Gasteiger partial charge in [-0.2, -0.15) is 0 Å². The zero-order valence-corrected chi connectivity index (χ0v) is 12.7. The number of benzene rings is 1. The van der Waals surface area contributed by atoms with Gasteiger partial charge in [0.15, 0.2) is 5.76 Å². The van der Waals surface area contributed by atoms with E-state index in [9.17, 15) is 4.79 Å². The van der Waals surface area contributed by atoms with Crippen LogP contribution in [0.5, 0.6) is 0 Å². The minimum atomic E-state index is -0.0449. The lowest BCUT2D eigenvalue weighted by Gasteiger charge is -2.06. The third-order valence-electron chi connectivity index (χ3n) is 3.00. The van der Waals surface area contributed by atoms with Crippen LogP contribution in [0.3, 0.4) is 0 Å². The predicted octanol–water partition coefficient (Wildman–Crippen LogP) is 5.16.